The van der Waals surface area contributed by atoms with Crippen molar-refractivity contribution in [2.75, 3.05) is 13.7 Å². The van der Waals surface area contributed by atoms with Crippen molar-refractivity contribution in [3.63, 3.8) is 0 Å². The van der Waals surface area contributed by atoms with Crippen LogP contribution < -0.4 is 10.6 Å². The molecule has 1 fully saturated rings. The monoisotopic (exact) mass is 537 g/mol. The van der Waals surface area contributed by atoms with Gasteiger partial charge in [-0.05, 0) is 59.4 Å². The third kappa shape index (κ3) is 5.18. The second kappa shape index (κ2) is 11.1. The van der Waals surface area contributed by atoms with Crippen molar-refractivity contribution in [1.82, 2.24) is 25.7 Å². The Morgan fingerprint density at radius 3 is 2.48 bits per heavy atom. The highest BCUT2D eigenvalue weighted by atomic mass is 16.5. The van der Waals surface area contributed by atoms with Crippen LogP contribution in [0.4, 0.5) is 4.79 Å². The number of ether oxygens (including phenoxy) is 1. The number of esters is 1. The minimum absolute atomic E-state index is 0.246. The van der Waals surface area contributed by atoms with Crippen LogP contribution in [0.5, 0.6) is 0 Å². The predicted octanol–water partition coefficient (Wildman–Crippen LogP) is 4.95. The first-order valence-corrected chi connectivity index (χ1v) is 13.2. The summed E-state index contributed by atoms with van der Waals surface area (Å²) < 4.78 is 5.04. The number of urea groups is 1. The van der Waals surface area contributed by atoms with Crippen molar-refractivity contribution >= 4 is 34.5 Å². The number of fused-ring (bicyclic) bond motifs is 2. The normalized spacial score (nSPS) is 15.8. The van der Waals surface area contributed by atoms with Gasteiger partial charge >= 0.3 is 12.0 Å². The highest BCUT2D eigenvalue weighted by Crippen LogP contribution is 2.31. The summed E-state index contributed by atoms with van der Waals surface area (Å²) in [6, 6.07) is 18.4. The molecule has 0 saturated carbocycles. The molecule has 1 saturated heterocycles. The maximum Gasteiger partial charge on any atom is 0.359 e. The van der Waals surface area contributed by atoms with Crippen molar-refractivity contribution in [3.8, 4) is 11.1 Å². The molecule has 2 aliphatic heterocycles. The third-order valence-corrected chi connectivity index (χ3v) is 7.15. The molecule has 0 spiro atoms. The molecule has 4 aromatic rings. The highest BCUT2D eigenvalue weighted by Gasteiger charge is 2.30. The fraction of sp³-hybridized carbons (Fsp3) is 0.226. The van der Waals surface area contributed by atoms with Gasteiger partial charge in [0.1, 0.15) is 6.04 Å². The number of imide groups is 1. The molecule has 0 bridgehead atoms. The van der Waals surface area contributed by atoms with Crippen molar-refractivity contribution in [1.29, 1.82) is 0 Å². The minimum Gasteiger partial charge on any atom is -0.461 e. The van der Waals surface area contributed by atoms with Crippen molar-refractivity contribution in [3.05, 3.63) is 95.2 Å². The summed E-state index contributed by atoms with van der Waals surface area (Å²) in [6.07, 6.45) is 1.10. The van der Waals surface area contributed by atoms with E-state index in [-0.39, 0.29) is 18.2 Å². The van der Waals surface area contributed by atoms with E-state index in [9.17, 15) is 14.4 Å². The summed E-state index contributed by atoms with van der Waals surface area (Å²) >= 11 is 0. The van der Waals surface area contributed by atoms with Gasteiger partial charge in [-0.2, -0.15) is 5.10 Å². The zero-order valence-corrected chi connectivity index (χ0v) is 22.7. The van der Waals surface area contributed by atoms with Crippen LogP contribution >= 0.6 is 0 Å². The fourth-order valence-electron chi connectivity index (χ4n) is 4.87. The standard InChI is InChI=1S/C19H16N4O4.C12H15N/c1-2-27-18(25)16-13-9-12(7-8-14(13)22-23-16)10-3-5-11(6-4-10)15-17(24)21-19(26)20-15;1-4-10-5-6-11-8-13(3)9(2)12(11)7-10/h3-9,15H,2H2,1H3,(H,22,23)(H2,20,21,24,26);5-7H,2,4,8H2,1,3H3. The molecule has 3 amide bonds. The number of aromatic nitrogens is 2. The second-order valence-corrected chi connectivity index (χ2v) is 9.72. The summed E-state index contributed by atoms with van der Waals surface area (Å²) in [4.78, 5) is 37.3. The van der Waals surface area contributed by atoms with Gasteiger partial charge in [-0.3, -0.25) is 15.2 Å². The molecule has 2 aliphatic rings. The number of hydrogen-bond acceptors (Lipinski definition) is 6. The van der Waals surface area contributed by atoms with Crippen LogP contribution in [0.25, 0.3) is 27.7 Å². The lowest BCUT2D eigenvalue weighted by Gasteiger charge is -2.10. The number of carbonyl (C=O) groups excluding carboxylic acids is 3. The van der Waals surface area contributed by atoms with E-state index < -0.39 is 18.0 Å². The maximum atomic E-state index is 12.0. The molecule has 1 atom stereocenters. The first-order chi connectivity index (χ1) is 19.3. The zero-order chi connectivity index (χ0) is 28.4. The Kier molecular flexibility index (Phi) is 7.37. The molecular weight excluding hydrogens is 506 g/mol. The number of aryl methyl sites for hydroxylation is 1. The number of H-pyrrole nitrogens is 1. The van der Waals surface area contributed by atoms with Gasteiger partial charge in [0.25, 0.3) is 5.91 Å². The number of nitrogens with one attached hydrogen (secondary N) is 3. The largest absolute Gasteiger partial charge is 0.461 e. The molecule has 3 heterocycles. The van der Waals surface area contributed by atoms with Crippen molar-refractivity contribution < 1.29 is 19.1 Å². The molecule has 1 aromatic heterocycles. The Balaban J connectivity index is 0.000000207. The molecule has 1 unspecified atom stereocenters. The Morgan fingerprint density at radius 1 is 1.05 bits per heavy atom. The predicted molar refractivity (Wildman–Crippen MR) is 153 cm³/mol. The first kappa shape index (κ1) is 26.7. The van der Waals surface area contributed by atoms with Gasteiger partial charge in [0, 0.05) is 30.2 Å². The number of carbonyl (C=O) groups is 3. The van der Waals surface area contributed by atoms with Gasteiger partial charge in [-0.15, -0.1) is 0 Å². The van der Waals surface area contributed by atoms with Crippen LogP contribution in [0, 0.1) is 0 Å². The molecule has 3 aromatic carbocycles. The van der Waals surface area contributed by atoms with Gasteiger partial charge in [-0.25, -0.2) is 9.59 Å². The second-order valence-electron chi connectivity index (χ2n) is 9.72. The number of nitrogens with zero attached hydrogens (tertiary/aromatic N) is 2. The van der Waals surface area contributed by atoms with Gasteiger partial charge in [0.05, 0.1) is 12.1 Å². The van der Waals surface area contributed by atoms with Gasteiger partial charge in [-0.1, -0.05) is 56.0 Å². The van der Waals surface area contributed by atoms with E-state index in [4.69, 9.17) is 4.74 Å². The van der Waals surface area contributed by atoms with Crippen molar-refractivity contribution in [2.45, 2.75) is 32.9 Å². The van der Waals surface area contributed by atoms with Gasteiger partial charge < -0.3 is 15.0 Å². The zero-order valence-electron chi connectivity index (χ0n) is 22.7. The third-order valence-electron chi connectivity index (χ3n) is 7.15. The number of benzene rings is 3. The van der Waals surface area contributed by atoms with Gasteiger partial charge in [0.15, 0.2) is 5.69 Å². The average Bonchev–Trinajstić information content (AvgIpc) is 3.63. The van der Waals surface area contributed by atoms with Crippen LogP contribution in [0.3, 0.4) is 0 Å². The van der Waals surface area contributed by atoms with Crippen LogP contribution in [-0.4, -0.2) is 46.7 Å². The van der Waals surface area contributed by atoms with Crippen LogP contribution in [0.15, 0.2) is 67.2 Å². The van der Waals surface area contributed by atoms with Crippen LogP contribution in [-0.2, 0) is 22.5 Å². The summed E-state index contributed by atoms with van der Waals surface area (Å²) in [5, 5.41) is 12.3. The van der Waals surface area contributed by atoms with E-state index in [2.05, 4.69) is 64.5 Å². The first-order valence-electron chi connectivity index (χ1n) is 13.2. The quantitative estimate of drug-likeness (QED) is 0.245. The number of aromatic amines is 1. The molecule has 40 heavy (non-hydrogen) atoms. The van der Waals surface area contributed by atoms with E-state index in [1.54, 1.807) is 19.1 Å². The number of hydrogen-bond donors (Lipinski definition) is 3. The molecule has 0 aliphatic carbocycles. The van der Waals surface area contributed by atoms with E-state index in [1.165, 1.54) is 16.7 Å². The lowest BCUT2D eigenvalue weighted by atomic mass is 9.99. The molecule has 204 valence electrons. The number of amides is 3. The minimum atomic E-state index is -0.682. The van der Waals surface area contributed by atoms with E-state index >= 15 is 0 Å². The Hall–Kier alpha value is -4.92. The molecule has 9 nitrogen and oxygen atoms in total. The summed E-state index contributed by atoms with van der Waals surface area (Å²) in [5.74, 6) is -0.842. The average molecular weight is 538 g/mol. The smallest absolute Gasteiger partial charge is 0.359 e. The molecular formula is C31H31N5O4. The Morgan fingerprint density at radius 2 is 1.80 bits per heavy atom. The molecule has 9 heteroatoms. The number of rotatable bonds is 5. The summed E-state index contributed by atoms with van der Waals surface area (Å²) in [5.41, 5.74) is 8.77. The molecule has 0 radical (unpaired) electrons. The molecule has 3 N–H and O–H groups in total. The van der Waals surface area contributed by atoms with E-state index in [0.29, 0.717) is 10.9 Å². The van der Waals surface area contributed by atoms with E-state index in [1.807, 2.05) is 30.3 Å². The van der Waals surface area contributed by atoms with E-state index in [0.717, 1.165) is 35.3 Å². The van der Waals surface area contributed by atoms with Crippen LogP contribution in [0.1, 0.15) is 52.6 Å². The Labute approximate surface area is 232 Å². The topological polar surface area (TPSA) is 116 Å². The maximum absolute atomic E-state index is 12.0. The SMILES string of the molecule is C=C1c2cc(CC)ccc2CN1C.CCOC(=O)c1n[nH]c2ccc(-c3ccc(C4NC(=O)NC4=O)cc3)cc12. The fourth-order valence-corrected chi connectivity index (χ4v) is 4.87. The summed E-state index contributed by atoms with van der Waals surface area (Å²) in [6.45, 7) is 9.29. The van der Waals surface area contributed by atoms with Gasteiger partial charge in [0.2, 0.25) is 0 Å². The van der Waals surface area contributed by atoms with Crippen LogP contribution in [0.2, 0.25) is 0 Å². The Bertz CT molecular complexity index is 1620. The lowest BCUT2D eigenvalue weighted by Crippen LogP contribution is -2.22. The summed E-state index contributed by atoms with van der Waals surface area (Å²) in [7, 11) is 2.09. The van der Waals surface area contributed by atoms with Crippen molar-refractivity contribution in [2.24, 2.45) is 0 Å². The lowest BCUT2D eigenvalue weighted by molar-refractivity contribution is -0.120. The molecule has 6 rings (SSSR count). The highest BCUT2D eigenvalue weighted by molar-refractivity contribution is 6.05.